The first-order valence-electron chi connectivity index (χ1n) is 12.4. The zero-order valence-electron chi connectivity index (χ0n) is 20.5. The molecule has 0 bridgehead atoms. The molecule has 186 valence electrons. The molecule has 7 nitrogen and oxygen atoms in total. The summed E-state index contributed by atoms with van der Waals surface area (Å²) in [5.74, 6) is -1.78. The van der Waals surface area contributed by atoms with Crippen LogP contribution < -0.4 is 5.32 Å². The van der Waals surface area contributed by atoms with Gasteiger partial charge < -0.3 is 20.1 Å². The van der Waals surface area contributed by atoms with Crippen molar-refractivity contribution in [2.24, 2.45) is 5.92 Å². The summed E-state index contributed by atoms with van der Waals surface area (Å²) in [5.41, 5.74) is 3.98. The monoisotopic (exact) mass is 478 g/mol. The number of carboxylic acids is 1. The van der Waals surface area contributed by atoms with Gasteiger partial charge in [0.15, 0.2) is 0 Å². The van der Waals surface area contributed by atoms with E-state index in [1.807, 2.05) is 24.3 Å². The first-order valence-corrected chi connectivity index (χ1v) is 12.4. The van der Waals surface area contributed by atoms with Gasteiger partial charge in [-0.25, -0.2) is 4.79 Å². The molecule has 7 heteroatoms. The fourth-order valence-corrected chi connectivity index (χ4v) is 5.44. The van der Waals surface area contributed by atoms with Crippen LogP contribution in [0.1, 0.15) is 62.5 Å². The van der Waals surface area contributed by atoms with E-state index in [9.17, 15) is 14.4 Å². The van der Waals surface area contributed by atoms with Crippen molar-refractivity contribution >= 4 is 18.0 Å². The number of aliphatic carboxylic acids is 1. The Kier molecular flexibility index (Phi) is 7.43. The zero-order valence-corrected chi connectivity index (χ0v) is 20.5. The van der Waals surface area contributed by atoms with Gasteiger partial charge in [0.05, 0.1) is 17.9 Å². The lowest BCUT2D eigenvalue weighted by molar-refractivity contribution is -0.142. The van der Waals surface area contributed by atoms with Gasteiger partial charge in [0.2, 0.25) is 5.91 Å². The summed E-state index contributed by atoms with van der Waals surface area (Å²) >= 11 is 0. The summed E-state index contributed by atoms with van der Waals surface area (Å²) in [6.45, 7) is 1.94. The maximum absolute atomic E-state index is 13.0. The average Bonchev–Trinajstić information content (AvgIpc) is 3.16. The summed E-state index contributed by atoms with van der Waals surface area (Å²) in [6, 6.07) is 16.4. The van der Waals surface area contributed by atoms with Crippen LogP contribution in [0.25, 0.3) is 11.1 Å². The van der Waals surface area contributed by atoms with Gasteiger partial charge >= 0.3 is 12.1 Å². The van der Waals surface area contributed by atoms with Crippen LogP contribution >= 0.6 is 0 Å². The topological polar surface area (TPSA) is 95.9 Å². The molecule has 1 fully saturated rings. The van der Waals surface area contributed by atoms with Crippen LogP contribution in [0.4, 0.5) is 4.79 Å². The second-order valence-electron chi connectivity index (χ2n) is 9.98. The number of rotatable bonds is 8. The lowest BCUT2D eigenvalue weighted by Crippen LogP contribution is -2.53. The summed E-state index contributed by atoms with van der Waals surface area (Å²) in [7, 11) is 1.62. The molecule has 2 N–H and O–H groups in total. The van der Waals surface area contributed by atoms with E-state index >= 15 is 0 Å². The Bertz CT molecular complexity index is 1050. The van der Waals surface area contributed by atoms with Crippen molar-refractivity contribution in [3.05, 3.63) is 59.7 Å². The van der Waals surface area contributed by atoms with Crippen LogP contribution in [-0.2, 0) is 14.3 Å². The van der Waals surface area contributed by atoms with E-state index in [2.05, 4.69) is 29.6 Å². The van der Waals surface area contributed by atoms with E-state index < -0.39 is 23.5 Å². The van der Waals surface area contributed by atoms with Crippen molar-refractivity contribution in [2.75, 3.05) is 20.2 Å². The number of nitrogens with zero attached hydrogens (tertiary/aromatic N) is 1. The minimum atomic E-state index is -0.936. The Morgan fingerprint density at radius 1 is 1.03 bits per heavy atom. The Morgan fingerprint density at radius 2 is 1.60 bits per heavy atom. The number of hydrogen-bond acceptors (Lipinski definition) is 4. The van der Waals surface area contributed by atoms with Crippen LogP contribution in [0.15, 0.2) is 48.5 Å². The maximum Gasteiger partial charge on any atom is 0.407 e. The summed E-state index contributed by atoms with van der Waals surface area (Å²) in [6.07, 6.45) is 3.94. The molecule has 1 saturated carbocycles. The second kappa shape index (κ2) is 10.5. The number of alkyl carbamates (subject to hydrolysis) is 1. The number of amides is 2. The molecule has 2 aromatic rings. The molecule has 0 heterocycles. The third kappa shape index (κ3) is 5.50. The fraction of sp³-hybridized carbons (Fsp3) is 0.464. The average molecular weight is 479 g/mol. The van der Waals surface area contributed by atoms with Gasteiger partial charge in [0.25, 0.3) is 0 Å². The first-order chi connectivity index (χ1) is 16.8. The predicted molar refractivity (Wildman–Crippen MR) is 133 cm³/mol. The van der Waals surface area contributed by atoms with Crippen LogP contribution in [0.5, 0.6) is 0 Å². The maximum atomic E-state index is 13.0. The number of hydrogen-bond donors (Lipinski definition) is 2. The normalized spacial score (nSPS) is 17.1. The quantitative estimate of drug-likeness (QED) is 0.568. The Hall–Kier alpha value is -3.35. The van der Waals surface area contributed by atoms with Crippen LogP contribution in [-0.4, -0.2) is 53.7 Å². The van der Waals surface area contributed by atoms with E-state index in [1.165, 1.54) is 16.0 Å². The minimum Gasteiger partial charge on any atom is -0.481 e. The predicted octanol–water partition coefficient (Wildman–Crippen LogP) is 4.80. The molecule has 0 spiro atoms. The molecular formula is C28H34N2O5. The Labute approximate surface area is 206 Å². The molecule has 2 aliphatic rings. The number of fused-ring (bicyclic) bond motifs is 3. The molecule has 0 saturated heterocycles. The highest BCUT2D eigenvalue weighted by molar-refractivity contribution is 5.80. The number of carbonyl (C=O) groups excluding carboxylic acids is 2. The third-order valence-electron chi connectivity index (χ3n) is 7.41. The van der Waals surface area contributed by atoms with Crippen molar-refractivity contribution in [1.82, 2.24) is 10.2 Å². The van der Waals surface area contributed by atoms with Gasteiger partial charge in [0.1, 0.15) is 6.61 Å². The molecule has 1 unspecified atom stereocenters. The smallest absolute Gasteiger partial charge is 0.407 e. The van der Waals surface area contributed by atoms with Crippen molar-refractivity contribution in [2.45, 2.75) is 56.9 Å². The highest BCUT2D eigenvalue weighted by Crippen LogP contribution is 2.44. The Balaban J connectivity index is 1.41. The molecule has 0 radical (unpaired) electrons. The summed E-state index contributed by atoms with van der Waals surface area (Å²) in [5, 5.41) is 12.2. The van der Waals surface area contributed by atoms with E-state index in [1.54, 1.807) is 14.0 Å². The van der Waals surface area contributed by atoms with Gasteiger partial charge in [-0.1, -0.05) is 74.7 Å². The van der Waals surface area contributed by atoms with E-state index in [0.29, 0.717) is 12.8 Å². The third-order valence-corrected chi connectivity index (χ3v) is 7.41. The van der Waals surface area contributed by atoms with Gasteiger partial charge in [-0.2, -0.15) is 0 Å². The Morgan fingerprint density at radius 3 is 2.17 bits per heavy atom. The first kappa shape index (κ1) is 24.8. The van der Waals surface area contributed by atoms with Gasteiger partial charge in [-0.05, 0) is 35.1 Å². The fourth-order valence-electron chi connectivity index (χ4n) is 5.44. The molecule has 2 aliphatic carbocycles. The van der Waals surface area contributed by atoms with E-state index in [0.717, 1.165) is 30.4 Å². The lowest BCUT2D eigenvalue weighted by atomic mass is 9.79. The number of carbonyl (C=O) groups is 3. The largest absolute Gasteiger partial charge is 0.481 e. The number of nitrogens with one attached hydrogen (secondary N) is 1. The van der Waals surface area contributed by atoms with Gasteiger partial charge in [-0.3, -0.25) is 9.59 Å². The van der Waals surface area contributed by atoms with Crippen molar-refractivity contribution in [3.8, 4) is 11.1 Å². The molecule has 35 heavy (non-hydrogen) atoms. The van der Waals surface area contributed by atoms with Crippen molar-refractivity contribution in [1.29, 1.82) is 0 Å². The lowest BCUT2D eigenvalue weighted by Gasteiger charge is -2.38. The number of ether oxygens (including phenoxy) is 1. The second-order valence-corrected chi connectivity index (χ2v) is 9.98. The molecular weight excluding hydrogens is 444 g/mol. The van der Waals surface area contributed by atoms with Gasteiger partial charge in [-0.15, -0.1) is 0 Å². The minimum absolute atomic E-state index is 0.0271. The van der Waals surface area contributed by atoms with E-state index in [-0.39, 0.29) is 31.4 Å². The van der Waals surface area contributed by atoms with Crippen LogP contribution in [0.3, 0.4) is 0 Å². The van der Waals surface area contributed by atoms with Crippen molar-refractivity contribution in [3.63, 3.8) is 0 Å². The van der Waals surface area contributed by atoms with Crippen LogP contribution in [0.2, 0.25) is 0 Å². The standard InChI is InChI=1S/C28H34N2O5/c1-19(26(32)33)17-30(2)25(31)16-28(14-8-3-9-15-28)29-27(34)35-18-24-22-12-6-4-10-20(22)21-11-5-7-13-23(21)24/h4-7,10-13,19,24H,3,8-9,14-18H2,1-2H3,(H,29,34)(H,32,33). The SMILES string of the molecule is CC(CN(C)C(=O)CC1(NC(=O)OCC2c3ccccc3-c3ccccc32)CCCCC1)C(=O)O. The highest BCUT2D eigenvalue weighted by atomic mass is 16.5. The zero-order chi connectivity index (χ0) is 25.0. The molecule has 0 aromatic heterocycles. The highest BCUT2D eigenvalue weighted by Gasteiger charge is 2.38. The van der Waals surface area contributed by atoms with E-state index in [4.69, 9.17) is 9.84 Å². The molecule has 2 amide bonds. The number of carboxylic acid groups (broad SMARTS) is 1. The molecule has 4 rings (SSSR count). The molecule has 1 atom stereocenters. The number of benzene rings is 2. The summed E-state index contributed by atoms with van der Waals surface area (Å²) < 4.78 is 5.75. The molecule has 2 aromatic carbocycles. The van der Waals surface area contributed by atoms with Crippen LogP contribution in [0, 0.1) is 5.92 Å². The summed E-state index contributed by atoms with van der Waals surface area (Å²) in [4.78, 5) is 38.6. The molecule has 0 aliphatic heterocycles. The van der Waals surface area contributed by atoms with Gasteiger partial charge in [0, 0.05) is 19.5 Å². The van der Waals surface area contributed by atoms with Crippen molar-refractivity contribution < 1.29 is 24.2 Å².